The maximum Gasteiger partial charge on any atom is 0.154 e. The number of nitrogens with one attached hydrogen (secondary N) is 1. The van der Waals surface area contributed by atoms with E-state index in [0.29, 0.717) is 17.0 Å². The van der Waals surface area contributed by atoms with Crippen LogP contribution in [0.3, 0.4) is 0 Å². The maximum atomic E-state index is 11.1. The number of carbonyl (C=O) groups excluding carboxylic acids is 1. The first-order chi connectivity index (χ1) is 8.17. The van der Waals surface area contributed by atoms with Gasteiger partial charge in [0.15, 0.2) is 6.29 Å². The summed E-state index contributed by atoms with van der Waals surface area (Å²) < 4.78 is 5.29. The van der Waals surface area contributed by atoms with E-state index in [1.165, 1.54) is 0 Å². The number of aldehydes is 1. The lowest BCUT2D eigenvalue weighted by Crippen LogP contribution is -1.92. The summed E-state index contributed by atoms with van der Waals surface area (Å²) in [6.07, 6.45) is 0.815. The fraction of sp³-hybridized carbons (Fsp3) is 0.231. The SMILES string of the molecule is COc1ccc(C)cc1-c1n[nH]c(C)c1C=O. The molecule has 0 saturated heterocycles. The largest absolute Gasteiger partial charge is 0.496 e. The summed E-state index contributed by atoms with van der Waals surface area (Å²) >= 11 is 0. The van der Waals surface area contributed by atoms with Crippen LogP contribution in [-0.2, 0) is 0 Å². The van der Waals surface area contributed by atoms with Gasteiger partial charge in [0, 0.05) is 11.3 Å². The van der Waals surface area contributed by atoms with Gasteiger partial charge in [0.1, 0.15) is 11.4 Å². The lowest BCUT2D eigenvalue weighted by Gasteiger charge is -2.07. The Labute approximate surface area is 99.6 Å². The number of aryl methyl sites for hydroxylation is 2. The Balaban J connectivity index is 2.66. The number of hydrogen-bond donors (Lipinski definition) is 1. The van der Waals surface area contributed by atoms with Crippen LogP contribution in [0.25, 0.3) is 11.3 Å². The lowest BCUT2D eigenvalue weighted by molar-refractivity contribution is 0.112. The number of H-pyrrole nitrogens is 1. The van der Waals surface area contributed by atoms with E-state index >= 15 is 0 Å². The number of ether oxygens (including phenoxy) is 1. The smallest absolute Gasteiger partial charge is 0.154 e. The summed E-state index contributed by atoms with van der Waals surface area (Å²) in [4.78, 5) is 11.1. The molecule has 0 aliphatic rings. The number of benzene rings is 1. The van der Waals surface area contributed by atoms with E-state index in [1.54, 1.807) is 7.11 Å². The van der Waals surface area contributed by atoms with Gasteiger partial charge >= 0.3 is 0 Å². The molecule has 0 spiro atoms. The van der Waals surface area contributed by atoms with Gasteiger partial charge in [-0.3, -0.25) is 9.89 Å². The highest BCUT2D eigenvalue weighted by Gasteiger charge is 2.15. The van der Waals surface area contributed by atoms with E-state index in [4.69, 9.17) is 4.74 Å². The van der Waals surface area contributed by atoms with Gasteiger partial charge in [-0.05, 0) is 26.0 Å². The molecular weight excluding hydrogens is 216 g/mol. The molecule has 0 fully saturated rings. The highest BCUT2D eigenvalue weighted by atomic mass is 16.5. The molecule has 0 saturated carbocycles. The number of aromatic amines is 1. The zero-order valence-corrected chi connectivity index (χ0v) is 10.1. The first-order valence-corrected chi connectivity index (χ1v) is 5.32. The summed E-state index contributed by atoms with van der Waals surface area (Å²) in [7, 11) is 1.61. The monoisotopic (exact) mass is 230 g/mol. The number of aromatic nitrogens is 2. The van der Waals surface area contributed by atoms with Gasteiger partial charge in [-0.2, -0.15) is 5.10 Å². The molecule has 88 valence electrons. The van der Waals surface area contributed by atoms with E-state index in [2.05, 4.69) is 10.2 Å². The van der Waals surface area contributed by atoms with Gasteiger partial charge < -0.3 is 4.74 Å². The van der Waals surface area contributed by atoms with Gasteiger partial charge in [0.05, 0.1) is 12.7 Å². The van der Waals surface area contributed by atoms with E-state index in [0.717, 1.165) is 23.1 Å². The van der Waals surface area contributed by atoms with Crippen molar-refractivity contribution in [3.8, 4) is 17.0 Å². The first-order valence-electron chi connectivity index (χ1n) is 5.32. The highest BCUT2D eigenvalue weighted by molar-refractivity contribution is 5.88. The molecule has 17 heavy (non-hydrogen) atoms. The van der Waals surface area contributed by atoms with Crippen molar-refractivity contribution in [3.05, 3.63) is 35.0 Å². The number of nitrogens with zero attached hydrogens (tertiary/aromatic N) is 1. The lowest BCUT2D eigenvalue weighted by atomic mass is 10.0. The van der Waals surface area contributed by atoms with Crippen molar-refractivity contribution in [2.45, 2.75) is 13.8 Å². The topological polar surface area (TPSA) is 55.0 Å². The van der Waals surface area contributed by atoms with Crippen LogP contribution in [0.2, 0.25) is 0 Å². The van der Waals surface area contributed by atoms with E-state index in [9.17, 15) is 4.79 Å². The first kappa shape index (κ1) is 11.4. The average Bonchev–Trinajstić information content (AvgIpc) is 2.70. The zero-order chi connectivity index (χ0) is 12.4. The third-order valence-corrected chi connectivity index (χ3v) is 2.72. The third kappa shape index (κ3) is 1.93. The molecule has 0 atom stereocenters. The summed E-state index contributed by atoms with van der Waals surface area (Å²) in [6, 6.07) is 5.80. The molecule has 2 rings (SSSR count). The van der Waals surface area contributed by atoms with E-state index < -0.39 is 0 Å². The maximum absolute atomic E-state index is 11.1. The standard InChI is InChI=1S/C13H14N2O2/c1-8-4-5-12(17-3)10(6-8)13-11(7-16)9(2)14-15-13/h4-7H,1-3H3,(H,14,15). The molecule has 0 aliphatic carbocycles. The Kier molecular flexibility index (Phi) is 2.95. The Morgan fingerprint density at radius 3 is 2.76 bits per heavy atom. The molecule has 1 N–H and O–H groups in total. The van der Waals surface area contributed by atoms with Crippen LogP contribution in [0, 0.1) is 13.8 Å². The molecule has 1 aromatic heterocycles. The molecule has 4 heteroatoms. The van der Waals surface area contributed by atoms with Crippen molar-refractivity contribution >= 4 is 6.29 Å². The minimum atomic E-state index is 0.578. The Morgan fingerprint density at radius 1 is 1.35 bits per heavy atom. The van der Waals surface area contributed by atoms with Crippen LogP contribution in [0.5, 0.6) is 5.75 Å². The van der Waals surface area contributed by atoms with Gasteiger partial charge in [-0.25, -0.2) is 0 Å². The predicted octanol–water partition coefficient (Wildman–Crippen LogP) is 2.51. The van der Waals surface area contributed by atoms with Gasteiger partial charge in [0.25, 0.3) is 0 Å². The molecular formula is C13H14N2O2. The second-order valence-corrected chi connectivity index (χ2v) is 3.93. The van der Waals surface area contributed by atoms with Crippen LogP contribution < -0.4 is 4.74 Å². The predicted molar refractivity (Wildman–Crippen MR) is 65.4 cm³/mol. The second kappa shape index (κ2) is 4.41. The minimum Gasteiger partial charge on any atom is -0.496 e. The molecule has 4 nitrogen and oxygen atoms in total. The molecule has 0 amide bonds. The highest BCUT2D eigenvalue weighted by Crippen LogP contribution is 2.31. The van der Waals surface area contributed by atoms with Crippen molar-refractivity contribution < 1.29 is 9.53 Å². The van der Waals surface area contributed by atoms with Crippen LogP contribution in [0.15, 0.2) is 18.2 Å². The number of rotatable bonds is 3. The quantitative estimate of drug-likeness (QED) is 0.824. The minimum absolute atomic E-state index is 0.578. The summed E-state index contributed by atoms with van der Waals surface area (Å²) in [5, 5.41) is 6.99. The van der Waals surface area contributed by atoms with Crippen LogP contribution in [0.4, 0.5) is 0 Å². The molecule has 0 radical (unpaired) electrons. The Morgan fingerprint density at radius 2 is 2.12 bits per heavy atom. The Bertz CT molecular complexity index is 559. The summed E-state index contributed by atoms with van der Waals surface area (Å²) in [6.45, 7) is 3.81. The van der Waals surface area contributed by atoms with Gasteiger partial charge in [-0.1, -0.05) is 11.6 Å². The summed E-state index contributed by atoms with van der Waals surface area (Å²) in [5.41, 5.74) is 3.91. The molecule has 0 unspecified atom stereocenters. The molecule has 0 aliphatic heterocycles. The van der Waals surface area contributed by atoms with Crippen molar-refractivity contribution in [1.29, 1.82) is 0 Å². The van der Waals surface area contributed by atoms with E-state index in [1.807, 2.05) is 32.0 Å². The van der Waals surface area contributed by atoms with Crippen molar-refractivity contribution in [2.24, 2.45) is 0 Å². The van der Waals surface area contributed by atoms with Crippen LogP contribution in [0.1, 0.15) is 21.6 Å². The summed E-state index contributed by atoms with van der Waals surface area (Å²) in [5.74, 6) is 0.713. The molecule has 1 aromatic carbocycles. The normalized spacial score (nSPS) is 10.3. The molecule has 1 heterocycles. The van der Waals surface area contributed by atoms with Crippen LogP contribution in [-0.4, -0.2) is 23.6 Å². The fourth-order valence-electron chi connectivity index (χ4n) is 1.79. The van der Waals surface area contributed by atoms with Crippen molar-refractivity contribution in [2.75, 3.05) is 7.11 Å². The Hall–Kier alpha value is -2.10. The average molecular weight is 230 g/mol. The number of carbonyl (C=O) groups is 1. The van der Waals surface area contributed by atoms with Crippen LogP contribution >= 0.6 is 0 Å². The van der Waals surface area contributed by atoms with Gasteiger partial charge in [0.2, 0.25) is 0 Å². The molecule has 0 bridgehead atoms. The van der Waals surface area contributed by atoms with E-state index in [-0.39, 0.29) is 0 Å². The third-order valence-electron chi connectivity index (χ3n) is 2.72. The molecule has 2 aromatic rings. The fourth-order valence-corrected chi connectivity index (χ4v) is 1.79. The van der Waals surface area contributed by atoms with Gasteiger partial charge in [-0.15, -0.1) is 0 Å². The zero-order valence-electron chi connectivity index (χ0n) is 10.1. The van der Waals surface area contributed by atoms with Crippen molar-refractivity contribution in [3.63, 3.8) is 0 Å². The second-order valence-electron chi connectivity index (χ2n) is 3.93. The number of hydrogen-bond acceptors (Lipinski definition) is 3. The number of methoxy groups -OCH3 is 1. The van der Waals surface area contributed by atoms with Crippen molar-refractivity contribution in [1.82, 2.24) is 10.2 Å².